The Morgan fingerprint density at radius 2 is 0.652 bits per heavy atom. The Hall–Kier alpha value is -1.17. The molecule has 66 heavy (non-hydrogen) atoms. The molecule has 1 amide bonds. The Morgan fingerprint density at radius 1 is 0.379 bits per heavy atom. The zero-order chi connectivity index (χ0) is 47.9. The van der Waals surface area contributed by atoms with Gasteiger partial charge in [-0.1, -0.05) is 321 Å². The minimum absolute atomic E-state index is 0.0104. The molecule has 0 aromatic carbocycles. The number of aliphatic hydroxyl groups is 3. The normalized spacial score (nSPS) is 13.3. The zero-order valence-electron chi connectivity index (χ0n) is 44.9. The fourth-order valence-corrected chi connectivity index (χ4v) is 9.66. The Morgan fingerprint density at radius 3 is 0.970 bits per heavy atom. The molecule has 0 spiro atoms. The van der Waals surface area contributed by atoms with E-state index in [1.165, 1.54) is 276 Å². The molecule has 0 saturated carbocycles. The topological polar surface area (TPSA) is 89.8 Å². The lowest BCUT2D eigenvalue weighted by molar-refractivity contribution is -0.124. The molecular formula is C61H119NO4. The molecule has 0 heterocycles. The summed E-state index contributed by atoms with van der Waals surface area (Å²) in [4.78, 5) is 12.5. The molecule has 392 valence electrons. The minimum atomic E-state index is -0.950. The molecule has 0 aliphatic rings. The largest absolute Gasteiger partial charge is 0.394 e. The number of aliphatic hydroxyl groups excluding tert-OH is 3. The number of carbonyl (C=O) groups is 1. The smallest absolute Gasteiger partial charge is 0.222 e. The van der Waals surface area contributed by atoms with Crippen LogP contribution in [0.1, 0.15) is 335 Å². The number of rotatable bonds is 56. The number of hydrogen-bond donors (Lipinski definition) is 4. The van der Waals surface area contributed by atoms with Gasteiger partial charge in [-0.2, -0.15) is 0 Å². The lowest BCUT2D eigenvalue weighted by Crippen LogP contribution is -2.45. The highest BCUT2D eigenvalue weighted by Gasteiger charge is 2.20. The van der Waals surface area contributed by atoms with Gasteiger partial charge in [0.1, 0.15) is 0 Å². The molecule has 0 aliphatic carbocycles. The molecule has 0 aromatic heterocycles. The van der Waals surface area contributed by atoms with Crippen LogP contribution in [0.25, 0.3) is 0 Å². The first-order valence-electron chi connectivity index (χ1n) is 30.1. The summed E-state index contributed by atoms with van der Waals surface area (Å²) in [6.45, 7) is 4.23. The molecular weight excluding hydrogens is 811 g/mol. The predicted molar refractivity (Wildman–Crippen MR) is 292 cm³/mol. The highest BCUT2D eigenvalue weighted by molar-refractivity contribution is 5.76. The van der Waals surface area contributed by atoms with Crippen molar-refractivity contribution < 1.29 is 20.1 Å². The summed E-state index contributed by atoms with van der Waals surface area (Å²) in [5.41, 5.74) is 0. The standard InChI is InChI=1S/C61H119NO4/c1-3-5-7-9-11-13-15-17-19-21-22-23-24-25-26-27-28-29-30-31-32-33-34-35-36-37-38-39-40-42-44-46-48-50-52-54-58(64)56-61(66)62-59(57-63)60(65)55-53-51-49-47-45-43-41-20-18-16-14-12-10-8-6-4-2/h45,47,53,55,58-60,63-65H,3-44,46,48-52,54,56-57H2,1-2H3,(H,62,66)/b47-45+,55-53+. The third-order valence-electron chi connectivity index (χ3n) is 14.2. The first-order valence-corrected chi connectivity index (χ1v) is 30.1. The second kappa shape index (κ2) is 56.4. The van der Waals surface area contributed by atoms with Crippen LogP contribution in [0.2, 0.25) is 0 Å². The van der Waals surface area contributed by atoms with Crippen LogP contribution in [-0.4, -0.2) is 46.1 Å². The van der Waals surface area contributed by atoms with Crippen molar-refractivity contribution in [2.24, 2.45) is 0 Å². The van der Waals surface area contributed by atoms with Crippen molar-refractivity contribution in [2.75, 3.05) is 6.61 Å². The molecule has 0 rings (SSSR count). The summed E-state index contributed by atoms with van der Waals surface area (Å²) < 4.78 is 0. The van der Waals surface area contributed by atoms with Crippen molar-refractivity contribution in [3.8, 4) is 0 Å². The lowest BCUT2D eigenvalue weighted by atomic mass is 10.0. The molecule has 5 nitrogen and oxygen atoms in total. The molecule has 0 saturated heterocycles. The molecule has 3 atom stereocenters. The summed E-state index contributed by atoms with van der Waals surface area (Å²) in [5.74, 6) is -0.319. The van der Waals surface area contributed by atoms with Crippen LogP contribution in [0.5, 0.6) is 0 Å². The fraction of sp³-hybridized carbons (Fsp3) is 0.918. The van der Waals surface area contributed by atoms with Gasteiger partial charge in [0.05, 0.1) is 31.3 Å². The maximum atomic E-state index is 12.5. The molecule has 3 unspecified atom stereocenters. The zero-order valence-corrected chi connectivity index (χ0v) is 44.9. The Balaban J connectivity index is 3.46. The fourth-order valence-electron chi connectivity index (χ4n) is 9.66. The van der Waals surface area contributed by atoms with Gasteiger partial charge in [-0.15, -0.1) is 0 Å². The SMILES string of the molecule is CCCCCCCCCCCC/C=C/CC/C=C/C(O)C(CO)NC(=O)CC(O)CCCCCCCCCCCCCCCCCCCCCCCCCCCCCCCCCCCCC. The number of allylic oxidation sites excluding steroid dienone is 3. The molecule has 5 heteroatoms. The molecule has 0 bridgehead atoms. The van der Waals surface area contributed by atoms with Gasteiger partial charge in [0.2, 0.25) is 5.91 Å². The number of unbranched alkanes of at least 4 members (excludes halogenated alkanes) is 45. The van der Waals surface area contributed by atoms with Gasteiger partial charge in [0, 0.05) is 0 Å². The Kier molecular flexibility index (Phi) is 55.4. The second-order valence-corrected chi connectivity index (χ2v) is 21.0. The van der Waals surface area contributed by atoms with E-state index in [0.29, 0.717) is 6.42 Å². The van der Waals surface area contributed by atoms with Crippen molar-refractivity contribution in [1.29, 1.82) is 0 Å². The molecule has 4 N–H and O–H groups in total. The predicted octanol–water partition coefficient (Wildman–Crippen LogP) is 18.8. The average Bonchev–Trinajstić information content (AvgIpc) is 3.31. The maximum Gasteiger partial charge on any atom is 0.222 e. The van der Waals surface area contributed by atoms with Crippen molar-refractivity contribution in [3.63, 3.8) is 0 Å². The van der Waals surface area contributed by atoms with E-state index in [0.717, 1.165) is 32.1 Å². The number of hydrogen-bond acceptors (Lipinski definition) is 4. The van der Waals surface area contributed by atoms with E-state index in [1.54, 1.807) is 6.08 Å². The van der Waals surface area contributed by atoms with Gasteiger partial charge < -0.3 is 20.6 Å². The number of nitrogens with one attached hydrogen (secondary N) is 1. The molecule has 0 radical (unpaired) electrons. The lowest BCUT2D eigenvalue weighted by Gasteiger charge is -2.21. The summed E-state index contributed by atoms with van der Waals surface area (Å²) in [6, 6.07) is -0.759. The van der Waals surface area contributed by atoms with E-state index in [-0.39, 0.29) is 18.9 Å². The third-order valence-corrected chi connectivity index (χ3v) is 14.2. The summed E-state index contributed by atoms with van der Waals surface area (Å²) in [7, 11) is 0. The van der Waals surface area contributed by atoms with E-state index < -0.39 is 18.2 Å². The van der Waals surface area contributed by atoms with Crippen molar-refractivity contribution in [1.82, 2.24) is 5.32 Å². The maximum absolute atomic E-state index is 12.5. The van der Waals surface area contributed by atoms with Gasteiger partial charge in [-0.3, -0.25) is 4.79 Å². The first kappa shape index (κ1) is 64.8. The van der Waals surface area contributed by atoms with Crippen LogP contribution in [0.15, 0.2) is 24.3 Å². The van der Waals surface area contributed by atoms with Crippen LogP contribution in [0, 0.1) is 0 Å². The van der Waals surface area contributed by atoms with E-state index in [1.807, 2.05) is 6.08 Å². The first-order chi connectivity index (χ1) is 32.5. The third kappa shape index (κ3) is 52.2. The van der Waals surface area contributed by atoms with E-state index in [2.05, 4.69) is 31.3 Å². The Labute approximate surface area is 413 Å². The quantitative estimate of drug-likeness (QED) is 0.0361. The summed E-state index contributed by atoms with van der Waals surface area (Å²) in [6.07, 6.45) is 72.6. The van der Waals surface area contributed by atoms with E-state index in [4.69, 9.17) is 0 Å². The summed E-state index contributed by atoms with van der Waals surface area (Å²) >= 11 is 0. The monoisotopic (exact) mass is 930 g/mol. The van der Waals surface area contributed by atoms with E-state index >= 15 is 0 Å². The van der Waals surface area contributed by atoms with Crippen molar-refractivity contribution in [3.05, 3.63) is 24.3 Å². The van der Waals surface area contributed by atoms with Crippen LogP contribution in [0.3, 0.4) is 0 Å². The highest BCUT2D eigenvalue weighted by Crippen LogP contribution is 2.18. The van der Waals surface area contributed by atoms with Crippen LogP contribution < -0.4 is 5.32 Å². The summed E-state index contributed by atoms with van der Waals surface area (Å²) in [5, 5.41) is 33.4. The minimum Gasteiger partial charge on any atom is -0.394 e. The van der Waals surface area contributed by atoms with Gasteiger partial charge in [0.15, 0.2) is 0 Å². The number of amides is 1. The van der Waals surface area contributed by atoms with Crippen LogP contribution >= 0.6 is 0 Å². The molecule has 0 fully saturated rings. The van der Waals surface area contributed by atoms with Crippen molar-refractivity contribution in [2.45, 2.75) is 353 Å². The molecule has 0 aromatic rings. The van der Waals surface area contributed by atoms with E-state index in [9.17, 15) is 20.1 Å². The second-order valence-electron chi connectivity index (χ2n) is 21.0. The molecule has 0 aliphatic heterocycles. The van der Waals surface area contributed by atoms with Gasteiger partial charge in [-0.25, -0.2) is 0 Å². The highest BCUT2D eigenvalue weighted by atomic mass is 16.3. The Bertz CT molecular complexity index is 982. The average molecular weight is 931 g/mol. The van der Waals surface area contributed by atoms with Crippen molar-refractivity contribution >= 4 is 5.91 Å². The van der Waals surface area contributed by atoms with Crippen LogP contribution in [0.4, 0.5) is 0 Å². The number of carbonyl (C=O) groups excluding carboxylic acids is 1. The van der Waals surface area contributed by atoms with Gasteiger partial charge in [-0.05, 0) is 32.1 Å². The van der Waals surface area contributed by atoms with Gasteiger partial charge in [0.25, 0.3) is 0 Å². The van der Waals surface area contributed by atoms with Gasteiger partial charge >= 0.3 is 0 Å². The van der Waals surface area contributed by atoms with Crippen LogP contribution in [-0.2, 0) is 4.79 Å².